The fourth-order valence-electron chi connectivity index (χ4n) is 4.75. The maximum absolute atomic E-state index is 10.5. The molecule has 2 heteroatoms. The van der Waals surface area contributed by atoms with Gasteiger partial charge in [0.15, 0.2) is 0 Å². The molecule has 132 valence electrons. The van der Waals surface area contributed by atoms with E-state index in [0.717, 1.165) is 17.8 Å². The minimum absolute atomic E-state index is 0.271. The van der Waals surface area contributed by atoms with E-state index in [9.17, 15) is 4.79 Å². The maximum Gasteiger partial charge on any atom is 0.303 e. The lowest BCUT2D eigenvalue weighted by atomic mass is 9.68. The number of hydrogen-bond donors (Lipinski definition) is 1. The largest absolute Gasteiger partial charge is 0.481 e. The van der Waals surface area contributed by atoms with Gasteiger partial charge < -0.3 is 5.11 Å². The summed E-state index contributed by atoms with van der Waals surface area (Å²) in [5.74, 6) is 3.03. The van der Waals surface area contributed by atoms with Crippen LogP contribution in [0.2, 0.25) is 0 Å². The molecule has 0 radical (unpaired) electrons. The first-order valence-corrected chi connectivity index (χ1v) is 10.1. The smallest absolute Gasteiger partial charge is 0.303 e. The van der Waals surface area contributed by atoms with Crippen molar-refractivity contribution in [2.24, 2.45) is 23.7 Å². The van der Waals surface area contributed by atoms with Crippen LogP contribution in [0.4, 0.5) is 0 Å². The van der Waals surface area contributed by atoms with Gasteiger partial charge in [0.25, 0.3) is 0 Å². The number of allylic oxidation sites excluding steroid dienone is 2. The van der Waals surface area contributed by atoms with Gasteiger partial charge in [-0.15, -0.1) is 0 Å². The second-order valence-corrected chi connectivity index (χ2v) is 7.96. The molecule has 0 atom stereocenters. The maximum atomic E-state index is 10.5. The van der Waals surface area contributed by atoms with E-state index in [2.05, 4.69) is 19.1 Å². The highest BCUT2D eigenvalue weighted by atomic mass is 16.4. The third kappa shape index (κ3) is 6.69. The van der Waals surface area contributed by atoms with Crippen LogP contribution < -0.4 is 0 Å². The summed E-state index contributed by atoms with van der Waals surface area (Å²) in [6.45, 7) is 2.31. The monoisotopic (exact) mass is 320 g/mol. The average molecular weight is 321 g/mol. The van der Waals surface area contributed by atoms with E-state index in [0.29, 0.717) is 12.3 Å². The zero-order chi connectivity index (χ0) is 16.5. The molecule has 0 aliphatic heterocycles. The summed E-state index contributed by atoms with van der Waals surface area (Å²) in [6, 6.07) is 0. The third-order valence-corrected chi connectivity index (χ3v) is 6.27. The molecular formula is C21H36O2. The Morgan fingerprint density at radius 2 is 1.61 bits per heavy atom. The van der Waals surface area contributed by atoms with Crippen molar-refractivity contribution in [2.75, 3.05) is 0 Å². The quantitative estimate of drug-likeness (QED) is 0.540. The number of hydrogen-bond acceptors (Lipinski definition) is 1. The number of carboxylic acid groups (broad SMARTS) is 1. The summed E-state index contributed by atoms with van der Waals surface area (Å²) in [5, 5.41) is 8.66. The Morgan fingerprint density at radius 3 is 2.17 bits per heavy atom. The highest BCUT2D eigenvalue weighted by Crippen LogP contribution is 2.42. The van der Waals surface area contributed by atoms with Gasteiger partial charge in [0, 0.05) is 6.42 Å². The molecule has 0 saturated heterocycles. The molecule has 0 bridgehead atoms. The average Bonchev–Trinajstić information content (AvgIpc) is 2.58. The van der Waals surface area contributed by atoms with Crippen molar-refractivity contribution in [3.05, 3.63) is 12.2 Å². The highest BCUT2D eigenvalue weighted by molar-refractivity contribution is 5.66. The number of unbranched alkanes of at least 4 members (excludes halogenated alkanes) is 1. The van der Waals surface area contributed by atoms with Gasteiger partial charge in [-0.3, -0.25) is 4.79 Å². The molecular weight excluding hydrogens is 284 g/mol. The van der Waals surface area contributed by atoms with E-state index in [1.807, 2.05) is 0 Å². The molecule has 23 heavy (non-hydrogen) atoms. The number of carbonyl (C=O) groups is 1. The Hall–Kier alpha value is -0.790. The van der Waals surface area contributed by atoms with Crippen LogP contribution in [0.1, 0.15) is 90.4 Å². The van der Waals surface area contributed by atoms with Crippen LogP contribution in [0, 0.1) is 23.7 Å². The van der Waals surface area contributed by atoms with E-state index in [4.69, 9.17) is 5.11 Å². The van der Waals surface area contributed by atoms with Gasteiger partial charge in [-0.2, -0.15) is 0 Å². The standard InChI is InChI=1S/C21H36O2/c1-2-3-6-17-9-13-19(14-10-17)20-15-11-18(12-16-20)7-4-5-8-21(22)23/h4,7,17-20H,2-3,5-6,8-16H2,1H3,(H,22,23)/t17-,18-,19-,20-. The molecule has 0 heterocycles. The Bertz CT molecular complexity index is 358. The van der Waals surface area contributed by atoms with Gasteiger partial charge in [-0.25, -0.2) is 0 Å². The van der Waals surface area contributed by atoms with Gasteiger partial charge in [0.2, 0.25) is 0 Å². The van der Waals surface area contributed by atoms with E-state index >= 15 is 0 Å². The molecule has 2 aliphatic rings. The Kier molecular flexibility index (Phi) is 8.19. The van der Waals surface area contributed by atoms with Crippen molar-refractivity contribution in [1.29, 1.82) is 0 Å². The van der Waals surface area contributed by atoms with Crippen LogP contribution in [0.5, 0.6) is 0 Å². The van der Waals surface area contributed by atoms with Crippen LogP contribution in [0.3, 0.4) is 0 Å². The van der Waals surface area contributed by atoms with Crippen LogP contribution in [0.25, 0.3) is 0 Å². The van der Waals surface area contributed by atoms with Crippen molar-refractivity contribution >= 4 is 5.97 Å². The van der Waals surface area contributed by atoms with E-state index in [-0.39, 0.29) is 6.42 Å². The van der Waals surface area contributed by atoms with Crippen LogP contribution in [-0.2, 0) is 4.79 Å². The van der Waals surface area contributed by atoms with E-state index in [1.54, 1.807) is 0 Å². The zero-order valence-corrected chi connectivity index (χ0v) is 15.0. The fourth-order valence-corrected chi connectivity index (χ4v) is 4.75. The lowest BCUT2D eigenvalue weighted by Gasteiger charge is -2.37. The van der Waals surface area contributed by atoms with Gasteiger partial charge in [0.1, 0.15) is 0 Å². The second kappa shape index (κ2) is 10.2. The minimum Gasteiger partial charge on any atom is -0.481 e. The van der Waals surface area contributed by atoms with Crippen molar-refractivity contribution in [3.63, 3.8) is 0 Å². The van der Waals surface area contributed by atoms with Gasteiger partial charge >= 0.3 is 5.97 Å². The molecule has 0 aromatic rings. The molecule has 2 fully saturated rings. The Balaban J connectivity index is 1.62. The van der Waals surface area contributed by atoms with Crippen LogP contribution in [-0.4, -0.2) is 11.1 Å². The van der Waals surface area contributed by atoms with Gasteiger partial charge in [0.05, 0.1) is 0 Å². The number of rotatable bonds is 8. The lowest BCUT2D eigenvalue weighted by molar-refractivity contribution is -0.136. The third-order valence-electron chi connectivity index (χ3n) is 6.27. The second-order valence-electron chi connectivity index (χ2n) is 7.96. The van der Waals surface area contributed by atoms with Gasteiger partial charge in [-0.05, 0) is 68.6 Å². The van der Waals surface area contributed by atoms with E-state index in [1.165, 1.54) is 70.6 Å². The molecule has 2 rings (SSSR count). The van der Waals surface area contributed by atoms with E-state index < -0.39 is 5.97 Å². The van der Waals surface area contributed by atoms with Crippen molar-refractivity contribution in [1.82, 2.24) is 0 Å². The molecule has 2 aliphatic carbocycles. The predicted octanol–water partition coefficient (Wildman–Crippen LogP) is 6.21. The van der Waals surface area contributed by atoms with Crippen LogP contribution >= 0.6 is 0 Å². The number of carboxylic acids is 1. The number of aliphatic carboxylic acids is 1. The minimum atomic E-state index is -0.687. The zero-order valence-electron chi connectivity index (χ0n) is 15.0. The topological polar surface area (TPSA) is 37.3 Å². The Morgan fingerprint density at radius 1 is 1.00 bits per heavy atom. The summed E-state index contributed by atoms with van der Waals surface area (Å²) in [4.78, 5) is 10.5. The normalized spacial score (nSPS) is 32.2. The first-order chi connectivity index (χ1) is 11.2. The molecule has 0 unspecified atom stereocenters. The summed E-state index contributed by atoms with van der Waals surface area (Å²) in [6.07, 6.45) is 21.0. The summed E-state index contributed by atoms with van der Waals surface area (Å²) < 4.78 is 0. The van der Waals surface area contributed by atoms with Crippen molar-refractivity contribution in [3.8, 4) is 0 Å². The van der Waals surface area contributed by atoms with Gasteiger partial charge in [-0.1, -0.05) is 51.2 Å². The first kappa shape index (κ1) is 18.5. The highest BCUT2D eigenvalue weighted by Gasteiger charge is 2.30. The predicted molar refractivity (Wildman–Crippen MR) is 96.4 cm³/mol. The first-order valence-electron chi connectivity index (χ1n) is 10.1. The molecule has 0 aromatic heterocycles. The SMILES string of the molecule is CCCC[C@H]1CC[C@H]([C@H]2CC[C@H](C=CCCC(=O)O)CC2)CC1. The molecule has 2 saturated carbocycles. The van der Waals surface area contributed by atoms with Crippen LogP contribution in [0.15, 0.2) is 12.2 Å². The van der Waals surface area contributed by atoms with Crippen molar-refractivity contribution in [2.45, 2.75) is 90.4 Å². The lowest BCUT2D eigenvalue weighted by Crippen LogP contribution is -2.25. The molecule has 1 N–H and O–H groups in total. The molecule has 0 aromatic carbocycles. The molecule has 0 amide bonds. The summed E-state index contributed by atoms with van der Waals surface area (Å²) >= 11 is 0. The van der Waals surface area contributed by atoms with Crippen molar-refractivity contribution < 1.29 is 9.90 Å². The summed E-state index contributed by atoms with van der Waals surface area (Å²) in [7, 11) is 0. The fraction of sp³-hybridized carbons (Fsp3) is 0.857. The molecule has 2 nitrogen and oxygen atoms in total. The molecule has 0 spiro atoms. The Labute approximate surface area is 142 Å². The summed E-state index contributed by atoms with van der Waals surface area (Å²) in [5.41, 5.74) is 0.